The Kier molecular flexibility index (Phi) is 4.62. The summed E-state index contributed by atoms with van der Waals surface area (Å²) in [5.41, 5.74) is 0.800. The van der Waals surface area contributed by atoms with Crippen LogP contribution in [0.25, 0.3) is 0 Å². The number of halogens is 1. The zero-order valence-electron chi connectivity index (χ0n) is 12.0. The second kappa shape index (κ2) is 6.16. The molecule has 0 bridgehead atoms. The third-order valence-electron chi connectivity index (χ3n) is 4.36. The summed E-state index contributed by atoms with van der Waals surface area (Å²) in [6.45, 7) is 2.78. The molecule has 2 fully saturated rings. The quantitative estimate of drug-likeness (QED) is 0.787. The largest absolute Gasteiger partial charge is 0.375 e. The minimum absolute atomic E-state index is 0.0139. The molecule has 0 N–H and O–H groups in total. The van der Waals surface area contributed by atoms with Crippen LogP contribution in [0.1, 0.15) is 36.1 Å². The van der Waals surface area contributed by atoms with Crippen molar-refractivity contribution in [2.75, 3.05) is 13.2 Å². The third kappa shape index (κ3) is 2.77. The van der Waals surface area contributed by atoms with Gasteiger partial charge in [-0.05, 0) is 30.7 Å². The van der Waals surface area contributed by atoms with Crippen molar-refractivity contribution in [1.29, 1.82) is 0 Å². The molecule has 0 spiro atoms. The van der Waals surface area contributed by atoms with E-state index in [1.165, 1.54) is 11.3 Å². The Hall–Kier alpha value is -0.140. The maximum Gasteiger partial charge on any atom is 0.244 e. The van der Waals surface area contributed by atoms with E-state index in [1.54, 1.807) is 4.31 Å². The molecule has 2 heterocycles. The Balaban J connectivity index is 1.98. The van der Waals surface area contributed by atoms with Crippen LogP contribution in [0, 0.1) is 6.92 Å². The molecule has 118 valence electrons. The van der Waals surface area contributed by atoms with Crippen molar-refractivity contribution in [3.63, 3.8) is 0 Å². The van der Waals surface area contributed by atoms with E-state index in [2.05, 4.69) is 0 Å². The molecule has 1 aromatic heterocycles. The predicted molar refractivity (Wildman–Crippen MR) is 84.5 cm³/mol. The Morgan fingerprint density at radius 3 is 2.95 bits per heavy atom. The second-order valence-corrected chi connectivity index (χ2v) is 8.74. The molecule has 0 radical (unpaired) electrons. The van der Waals surface area contributed by atoms with Crippen molar-refractivity contribution in [1.82, 2.24) is 4.31 Å². The SMILES string of the molecule is Cc1csc(CCl)c1S(=O)(=O)N1CCOC2CCCCC21. The van der Waals surface area contributed by atoms with Gasteiger partial charge in [0.25, 0.3) is 0 Å². The normalized spacial score (nSPS) is 27.5. The van der Waals surface area contributed by atoms with Crippen molar-refractivity contribution in [2.24, 2.45) is 0 Å². The highest BCUT2D eigenvalue weighted by Crippen LogP contribution is 2.36. The van der Waals surface area contributed by atoms with Gasteiger partial charge in [-0.1, -0.05) is 12.8 Å². The van der Waals surface area contributed by atoms with Crippen LogP contribution >= 0.6 is 22.9 Å². The zero-order valence-corrected chi connectivity index (χ0v) is 14.4. The lowest BCUT2D eigenvalue weighted by molar-refractivity contribution is -0.0586. The standard InChI is InChI=1S/C14H20ClNO3S2/c1-10-9-20-13(8-15)14(10)21(17,18)16-6-7-19-12-5-3-2-4-11(12)16/h9,11-12H,2-8H2,1H3. The lowest BCUT2D eigenvalue weighted by Gasteiger charge is -2.42. The van der Waals surface area contributed by atoms with E-state index in [-0.39, 0.29) is 18.0 Å². The Morgan fingerprint density at radius 1 is 1.43 bits per heavy atom. The minimum Gasteiger partial charge on any atom is -0.375 e. The molecule has 2 atom stereocenters. The van der Waals surface area contributed by atoms with E-state index >= 15 is 0 Å². The summed E-state index contributed by atoms with van der Waals surface area (Å²) in [7, 11) is -3.48. The number of sulfonamides is 1. The summed E-state index contributed by atoms with van der Waals surface area (Å²) in [4.78, 5) is 1.17. The highest BCUT2D eigenvalue weighted by Gasteiger charge is 2.42. The first-order valence-electron chi connectivity index (χ1n) is 7.32. The summed E-state index contributed by atoms with van der Waals surface area (Å²) in [6, 6.07) is -0.0139. The predicted octanol–water partition coefficient (Wildman–Crippen LogP) is 3.13. The van der Waals surface area contributed by atoms with Gasteiger partial charge >= 0.3 is 0 Å². The number of alkyl halides is 1. The average Bonchev–Trinajstić information content (AvgIpc) is 2.88. The maximum absolute atomic E-state index is 13.1. The molecule has 21 heavy (non-hydrogen) atoms. The summed E-state index contributed by atoms with van der Waals surface area (Å²) in [5, 5.41) is 1.88. The number of morpholine rings is 1. The van der Waals surface area contributed by atoms with Gasteiger partial charge in [-0.2, -0.15) is 4.31 Å². The highest BCUT2D eigenvalue weighted by atomic mass is 35.5. The first-order valence-corrected chi connectivity index (χ1v) is 10.2. The lowest BCUT2D eigenvalue weighted by Crippen LogP contribution is -2.54. The van der Waals surface area contributed by atoms with Crippen LogP contribution in [0.15, 0.2) is 10.3 Å². The number of hydrogen-bond acceptors (Lipinski definition) is 4. The Labute approximate surface area is 135 Å². The molecule has 1 aromatic rings. The Bertz CT molecular complexity index is 612. The monoisotopic (exact) mass is 349 g/mol. The van der Waals surface area contributed by atoms with Gasteiger partial charge < -0.3 is 4.74 Å². The van der Waals surface area contributed by atoms with Crippen LogP contribution in [0.2, 0.25) is 0 Å². The van der Waals surface area contributed by atoms with E-state index < -0.39 is 10.0 Å². The van der Waals surface area contributed by atoms with E-state index in [9.17, 15) is 8.42 Å². The molecule has 7 heteroatoms. The van der Waals surface area contributed by atoms with Gasteiger partial charge in [0, 0.05) is 11.4 Å². The van der Waals surface area contributed by atoms with Crippen LogP contribution in [0.4, 0.5) is 0 Å². The van der Waals surface area contributed by atoms with Crippen molar-refractivity contribution < 1.29 is 13.2 Å². The fourth-order valence-electron chi connectivity index (χ4n) is 3.40. The summed E-state index contributed by atoms with van der Waals surface area (Å²) >= 11 is 7.36. The van der Waals surface area contributed by atoms with Crippen LogP contribution in [0.3, 0.4) is 0 Å². The molecular formula is C14H20ClNO3S2. The van der Waals surface area contributed by atoms with Gasteiger partial charge in [-0.15, -0.1) is 22.9 Å². The fraction of sp³-hybridized carbons (Fsp3) is 0.714. The van der Waals surface area contributed by atoms with Gasteiger partial charge in [0.15, 0.2) is 0 Å². The van der Waals surface area contributed by atoms with E-state index in [0.29, 0.717) is 18.0 Å². The number of aryl methyl sites for hydroxylation is 1. The number of rotatable bonds is 3. The first kappa shape index (κ1) is 15.7. The van der Waals surface area contributed by atoms with E-state index in [1.807, 2.05) is 12.3 Å². The molecule has 0 amide bonds. The smallest absolute Gasteiger partial charge is 0.244 e. The van der Waals surface area contributed by atoms with Crippen LogP contribution in [-0.2, 0) is 20.6 Å². The molecule has 2 aliphatic rings. The van der Waals surface area contributed by atoms with Crippen molar-refractivity contribution >= 4 is 33.0 Å². The topological polar surface area (TPSA) is 46.6 Å². The van der Waals surface area contributed by atoms with Gasteiger partial charge in [0.1, 0.15) is 4.90 Å². The zero-order chi connectivity index (χ0) is 15.0. The molecule has 1 aliphatic heterocycles. The molecule has 1 saturated heterocycles. The van der Waals surface area contributed by atoms with Gasteiger partial charge in [-0.25, -0.2) is 8.42 Å². The summed E-state index contributed by atoms with van der Waals surface area (Å²) in [5.74, 6) is 0.242. The summed E-state index contributed by atoms with van der Waals surface area (Å²) < 4.78 is 33.7. The molecular weight excluding hydrogens is 330 g/mol. The van der Waals surface area contributed by atoms with Crippen LogP contribution in [-0.4, -0.2) is 38.0 Å². The van der Waals surface area contributed by atoms with Crippen molar-refractivity contribution in [3.05, 3.63) is 15.8 Å². The first-order chi connectivity index (χ1) is 10.1. The molecule has 2 unspecified atom stereocenters. The van der Waals surface area contributed by atoms with Crippen LogP contribution in [0.5, 0.6) is 0 Å². The summed E-state index contributed by atoms with van der Waals surface area (Å²) in [6.07, 6.45) is 4.10. The number of hydrogen-bond donors (Lipinski definition) is 0. The average molecular weight is 350 g/mol. The maximum atomic E-state index is 13.1. The number of fused-ring (bicyclic) bond motifs is 1. The van der Waals surface area contributed by atoms with E-state index in [4.69, 9.17) is 16.3 Å². The third-order valence-corrected chi connectivity index (χ3v) is 8.17. The second-order valence-electron chi connectivity index (χ2n) is 5.68. The van der Waals surface area contributed by atoms with Gasteiger partial charge in [0.2, 0.25) is 10.0 Å². The van der Waals surface area contributed by atoms with Crippen molar-refractivity contribution in [3.8, 4) is 0 Å². The molecule has 4 nitrogen and oxygen atoms in total. The molecule has 1 saturated carbocycles. The number of thiophene rings is 1. The number of nitrogens with zero attached hydrogens (tertiary/aromatic N) is 1. The number of ether oxygens (including phenoxy) is 1. The lowest BCUT2D eigenvalue weighted by atomic mass is 9.91. The molecule has 3 rings (SSSR count). The highest BCUT2D eigenvalue weighted by molar-refractivity contribution is 7.89. The van der Waals surface area contributed by atoms with E-state index in [0.717, 1.165) is 36.1 Å². The fourth-order valence-corrected chi connectivity index (χ4v) is 7.08. The van der Waals surface area contributed by atoms with Gasteiger partial charge in [0.05, 0.1) is 24.6 Å². The van der Waals surface area contributed by atoms with Crippen LogP contribution < -0.4 is 0 Å². The minimum atomic E-state index is -3.48. The van der Waals surface area contributed by atoms with Gasteiger partial charge in [-0.3, -0.25) is 0 Å². The molecule has 1 aliphatic carbocycles. The molecule has 0 aromatic carbocycles. The van der Waals surface area contributed by atoms with Crippen molar-refractivity contribution in [2.45, 2.75) is 55.5 Å². The Morgan fingerprint density at radius 2 is 2.19 bits per heavy atom.